The Kier molecular flexibility index (Phi) is 10.7. The lowest BCUT2D eigenvalue weighted by Crippen LogP contribution is -2.35. The van der Waals surface area contributed by atoms with Crippen molar-refractivity contribution < 1.29 is 13.2 Å². The van der Waals surface area contributed by atoms with Crippen LogP contribution in [0.3, 0.4) is 0 Å². The molecule has 0 amide bonds. The van der Waals surface area contributed by atoms with Gasteiger partial charge in [0.1, 0.15) is 23.3 Å². The predicted octanol–water partition coefficient (Wildman–Crippen LogP) is 3.91. The van der Waals surface area contributed by atoms with E-state index in [2.05, 4.69) is 63.1 Å². The lowest BCUT2D eigenvalue weighted by Gasteiger charge is -2.20. The van der Waals surface area contributed by atoms with Crippen molar-refractivity contribution in [3.63, 3.8) is 0 Å². The Morgan fingerprint density at radius 1 is 1.36 bits per heavy atom. The second-order valence-electron chi connectivity index (χ2n) is 9.56. The van der Waals surface area contributed by atoms with Crippen LogP contribution >= 0.6 is 11.6 Å². The second kappa shape index (κ2) is 13.8. The van der Waals surface area contributed by atoms with Crippen molar-refractivity contribution in [2.75, 3.05) is 32.1 Å². The van der Waals surface area contributed by atoms with Crippen molar-refractivity contribution in [3.05, 3.63) is 52.5 Å². The molecule has 10 nitrogen and oxygen atoms in total. The van der Waals surface area contributed by atoms with Gasteiger partial charge in [-0.05, 0) is 82.1 Å². The molecule has 212 valence electrons. The minimum atomic E-state index is -3.86. The Hall–Kier alpha value is -3.15. The molecule has 2 aliphatic rings. The number of hydrogen-bond acceptors (Lipinski definition) is 9. The molecule has 0 radical (unpaired) electrons. The molecule has 0 unspecified atom stereocenters. The van der Waals surface area contributed by atoms with E-state index in [1.54, 1.807) is 7.05 Å². The number of amidine groups is 1. The van der Waals surface area contributed by atoms with Crippen LogP contribution < -0.4 is 26.0 Å². The van der Waals surface area contributed by atoms with Gasteiger partial charge in [-0.2, -0.15) is 0 Å². The number of hydrogen-bond donors (Lipinski definition) is 5. The quantitative estimate of drug-likeness (QED) is 0.188. The Balaban J connectivity index is 1.88. The molecule has 5 N–H and O–H groups in total. The fraction of sp³-hybridized carbons (Fsp3) is 0.444. The first-order chi connectivity index (χ1) is 18.6. The van der Waals surface area contributed by atoms with Gasteiger partial charge in [0, 0.05) is 26.0 Å². The molecule has 1 aliphatic carbocycles. The zero-order valence-electron chi connectivity index (χ0n) is 22.9. The van der Waals surface area contributed by atoms with E-state index in [-0.39, 0.29) is 29.3 Å². The first-order valence-corrected chi connectivity index (χ1v) is 14.8. The molecular weight excluding hydrogens is 538 g/mol. The average Bonchev–Trinajstić information content (AvgIpc) is 3.73. The van der Waals surface area contributed by atoms with Crippen LogP contribution in [-0.2, 0) is 9.84 Å². The lowest BCUT2D eigenvalue weighted by molar-refractivity contribution is 0.304. The minimum Gasteiger partial charge on any atom is -0.488 e. The van der Waals surface area contributed by atoms with Crippen LogP contribution in [-0.4, -0.2) is 64.2 Å². The number of nitrogens with zero attached hydrogens (tertiary/aromatic N) is 2. The van der Waals surface area contributed by atoms with Crippen LogP contribution in [0.4, 0.5) is 5.69 Å². The van der Waals surface area contributed by atoms with Gasteiger partial charge in [-0.1, -0.05) is 17.7 Å². The largest absolute Gasteiger partial charge is 0.488 e. The molecule has 1 aromatic carbocycles. The molecule has 12 heteroatoms. The first-order valence-electron chi connectivity index (χ1n) is 12.9. The molecule has 0 spiro atoms. The number of aliphatic imine (C=N–C) groups is 2. The highest BCUT2D eigenvalue weighted by molar-refractivity contribution is 8.07. The number of sulfone groups is 1. The molecule has 1 saturated carbocycles. The average molecular weight is 576 g/mol. The number of nitrogens with one attached hydrogen (secondary N) is 5. The van der Waals surface area contributed by atoms with Gasteiger partial charge in [-0.25, -0.2) is 13.4 Å². The number of halogens is 1. The molecule has 3 rings (SSSR count). The standard InChI is InChI=1S/C27H38ClN7O3S/c1-17(2)39(36,37)26(29)24(15-31-5)35-27(22(28)14-30-4)34-16-33-23-12-18(3)21(19-8-10-32-11-9-19)13-25(23)38-20-6-7-20/h8,12-15,17,20,29,31-33H,4,6-7,9-11,16H2,1-3,5H3,(H,34,35)/b22-14+,24-15+,29-26?. The topological polar surface area (TPSA) is 140 Å². The SMILES string of the molecule is C=N/C=C(Cl)\C(=N/CNc1cc(C)c(C2=CCNCC2)cc1OC1CC1)N/C(=C/NC)C(=N)S(=O)(=O)C(C)C. The van der Waals surface area contributed by atoms with E-state index in [1.165, 1.54) is 37.4 Å². The smallest absolute Gasteiger partial charge is 0.199 e. The Morgan fingerprint density at radius 3 is 2.69 bits per heavy atom. The Labute approximate surface area is 236 Å². The fourth-order valence-electron chi connectivity index (χ4n) is 3.84. The molecule has 0 bridgehead atoms. The minimum absolute atomic E-state index is 0.00578. The van der Waals surface area contributed by atoms with Crippen LogP contribution in [0.15, 0.2) is 51.3 Å². The van der Waals surface area contributed by atoms with Crippen molar-refractivity contribution in [3.8, 4) is 5.75 Å². The van der Waals surface area contributed by atoms with E-state index < -0.39 is 20.1 Å². The second-order valence-corrected chi connectivity index (χ2v) is 12.4. The van der Waals surface area contributed by atoms with Gasteiger partial charge in [-0.3, -0.25) is 10.4 Å². The monoisotopic (exact) mass is 575 g/mol. The van der Waals surface area contributed by atoms with Gasteiger partial charge in [0.2, 0.25) is 0 Å². The number of aryl methyl sites for hydroxylation is 1. The third-order valence-electron chi connectivity index (χ3n) is 6.18. The summed E-state index contributed by atoms with van der Waals surface area (Å²) >= 11 is 6.40. The van der Waals surface area contributed by atoms with E-state index in [1.807, 2.05) is 0 Å². The van der Waals surface area contributed by atoms with Gasteiger partial charge in [-0.15, -0.1) is 0 Å². The first kappa shape index (κ1) is 30.4. The van der Waals surface area contributed by atoms with Crippen LogP contribution in [0.1, 0.15) is 44.2 Å². The third kappa shape index (κ3) is 8.17. The third-order valence-corrected chi connectivity index (χ3v) is 8.49. The highest BCUT2D eigenvalue weighted by atomic mass is 35.5. The molecule has 1 aromatic rings. The number of ether oxygens (including phenoxy) is 1. The van der Waals surface area contributed by atoms with Crippen LogP contribution in [0.5, 0.6) is 5.75 Å². The van der Waals surface area contributed by atoms with Crippen molar-refractivity contribution in [2.45, 2.75) is 51.4 Å². The summed E-state index contributed by atoms with van der Waals surface area (Å²) in [5, 5.41) is 19.3. The van der Waals surface area contributed by atoms with Gasteiger partial charge >= 0.3 is 0 Å². The van der Waals surface area contributed by atoms with E-state index >= 15 is 0 Å². The highest BCUT2D eigenvalue weighted by Gasteiger charge is 2.27. The number of anilines is 1. The number of benzene rings is 1. The zero-order chi connectivity index (χ0) is 28.6. The summed E-state index contributed by atoms with van der Waals surface area (Å²) < 4.78 is 31.5. The normalized spacial score (nSPS) is 17.0. The number of rotatable bonds is 12. The van der Waals surface area contributed by atoms with Crippen LogP contribution in [0.25, 0.3) is 5.57 Å². The molecule has 0 aromatic heterocycles. The van der Waals surface area contributed by atoms with E-state index in [0.29, 0.717) is 0 Å². The molecule has 1 heterocycles. The van der Waals surface area contributed by atoms with E-state index in [4.69, 9.17) is 21.7 Å². The Bertz CT molecular complexity index is 1310. The van der Waals surface area contributed by atoms with Gasteiger partial charge in [0.15, 0.2) is 14.9 Å². The van der Waals surface area contributed by atoms with Crippen molar-refractivity contribution in [1.29, 1.82) is 5.41 Å². The van der Waals surface area contributed by atoms with E-state index in [9.17, 15) is 8.42 Å². The van der Waals surface area contributed by atoms with Crippen LogP contribution in [0.2, 0.25) is 0 Å². The summed E-state index contributed by atoms with van der Waals surface area (Å²) in [6.45, 7) is 10.4. The molecule has 1 fully saturated rings. The van der Waals surface area contributed by atoms with Gasteiger partial charge < -0.3 is 26.0 Å². The summed E-state index contributed by atoms with van der Waals surface area (Å²) in [7, 11) is -2.25. The summed E-state index contributed by atoms with van der Waals surface area (Å²) in [6, 6.07) is 4.15. The predicted molar refractivity (Wildman–Crippen MR) is 162 cm³/mol. The summed E-state index contributed by atoms with van der Waals surface area (Å²) in [6.07, 6.45) is 8.11. The molecular formula is C27H38ClN7O3S. The van der Waals surface area contributed by atoms with Crippen molar-refractivity contribution in [1.82, 2.24) is 16.0 Å². The van der Waals surface area contributed by atoms with E-state index in [0.717, 1.165) is 49.4 Å². The molecule has 39 heavy (non-hydrogen) atoms. The van der Waals surface area contributed by atoms with Gasteiger partial charge in [0.25, 0.3) is 0 Å². The van der Waals surface area contributed by atoms with Crippen molar-refractivity contribution in [2.24, 2.45) is 9.98 Å². The summed E-state index contributed by atoms with van der Waals surface area (Å²) in [5.74, 6) is 0.886. The maximum Gasteiger partial charge on any atom is 0.199 e. The van der Waals surface area contributed by atoms with Gasteiger partial charge in [0.05, 0.1) is 22.7 Å². The maximum atomic E-state index is 12.6. The van der Waals surface area contributed by atoms with Crippen LogP contribution in [0, 0.1) is 12.3 Å². The fourth-order valence-corrected chi connectivity index (χ4v) is 4.91. The summed E-state index contributed by atoms with van der Waals surface area (Å²) in [5.41, 5.74) is 4.40. The Morgan fingerprint density at radius 2 is 2.10 bits per heavy atom. The molecule has 0 saturated heterocycles. The lowest BCUT2D eigenvalue weighted by atomic mass is 9.95. The highest BCUT2D eigenvalue weighted by Crippen LogP contribution is 2.37. The molecule has 0 atom stereocenters. The van der Waals surface area contributed by atoms with Crippen molar-refractivity contribution >= 4 is 50.3 Å². The maximum absolute atomic E-state index is 12.6. The molecule has 1 aliphatic heterocycles. The zero-order valence-corrected chi connectivity index (χ0v) is 24.5. The summed E-state index contributed by atoms with van der Waals surface area (Å²) in [4.78, 5) is 8.21.